The van der Waals surface area contributed by atoms with Crippen molar-refractivity contribution in [3.8, 4) is 0 Å². The Hall–Kier alpha value is -4.45. The monoisotopic (exact) mass is 911 g/mol. The second-order valence-electron chi connectivity index (χ2n) is 16.8. The molecular weight excluding hydrogens is 817 g/mol. The van der Waals surface area contributed by atoms with Crippen LogP contribution in [-0.2, 0) is 28.6 Å². The summed E-state index contributed by atoms with van der Waals surface area (Å²) in [6.45, 7) is 6.27. The molecule has 0 aromatic rings. The van der Waals surface area contributed by atoms with Crippen molar-refractivity contribution in [3.63, 3.8) is 0 Å². The highest BCUT2D eigenvalue weighted by Crippen LogP contribution is 2.13. The highest BCUT2D eigenvalue weighted by Gasteiger charge is 2.19. The van der Waals surface area contributed by atoms with Gasteiger partial charge in [0, 0.05) is 19.3 Å². The molecule has 0 aromatic heterocycles. The molecule has 0 heterocycles. The lowest BCUT2D eigenvalue weighted by atomic mass is 10.1. The van der Waals surface area contributed by atoms with Crippen molar-refractivity contribution in [1.29, 1.82) is 0 Å². The van der Waals surface area contributed by atoms with E-state index >= 15 is 0 Å². The molecular formula is C60H94O6. The van der Waals surface area contributed by atoms with Gasteiger partial charge in [0.05, 0.1) is 0 Å². The van der Waals surface area contributed by atoms with E-state index in [1.807, 2.05) is 48.6 Å². The van der Waals surface area contributed by atoms with E-state index in [0.29, 0.717) is 19.3 Å². The van der Waals surface area contributed by atoms with E-state index in [-0.39, 0.29) is 37.5 Å². The fourth-order valence-corrected chi connectivity index (χ4v) is 6.60. The zero-order valence-electron chi connectivity index (χ0n) is 42.1. The molecule has 0 rings (SSSR count). The SMILES string of the molecule is CC\C=C/C=C\C=C/C=C\C=C/CCCCCC(=O)OCC(COC(=O)CCCCCCCCC/C=C\C/C=C\CCCCC)OC(=O)CCCCC/C=C\C/C=C\C/C=C\C/C=C\CC. The Kier molecular flexibility index (Phi) is 49.6. The summed E-state index contributed by atoms with van der Waals surface area (Å²) in [5.41, 5.74) is 0. The lowest BCUT2D eigenvalue weighted by Gasteiger charge is -2.18. The first-order valence-electron chi connectivity index (χ1n) is 26.3. The van der Waals surface area contributed by atoms with Crippen LogP contribution in [0.2, 0.25) is 0 Å². The molecule has 66 heavy (non-hydrogen) atoms. The Labute approximate surface area is 405 Å². The number of ether oxygens (including phenoxy) is 3. The van der Waals surface area contributed by atoms with Gasteiger partial charge in [0.1, 0.15) is 13.2 Å². The molecule has 1 atom stereocenters. The lowest BCUT2D eigenvalue weighted by Crippen LogP contribution is -2.30. The van der Waals surface area contributed by atoms with Gasteiger partial charge in [0.25, 0.3) is 0 Å². The maximum absolute atomic E-state index is 12.8. The molecule has 0 radical (unpaired) electrons. The molecule has 6 heteroatoms. The van der Waals surface area contributed by atoms with Gasteiger partial charge in [0.2, 0.25) is 0 Å². The second-order valence-corrected chi connectivity index (χ2v) is 16.8. The van der Waals surface area contributed by atoms with Crippen molar-refractivity contribution in [2.24, 2.45) is 0 Å². The van der Waals surface area contributed by atoms with E-state index in [4.69, 9.17) is 14.2 Å². The quantitative estimate of drug-likeness (QED) is 0.0199. The van der Waals surface area contributed by atoms with Crippen molar-refractivity contribution >= 4 is 17.9 Å². The summed E-state index contributed by atoms with van der Waals surface area (Å²) in [5.74, 6) is -1.00. The van der Waals surface area contributed by atoms with Gasteiger partial charge in [-0.25, -0.2) is 0 Å². The molecule has 370 valence electrons. The van der Waals surface area contributed by atoms with Crippen LogP contribution in [0.1, 0.15) is 207 Å². The van der Waals surface area contributed by atoms with Crippen LogP contribution in [0.3, 0.4) is 0 Å². The van der Waals surface area contributed by atoms with Gasteiger partial charge in [-0.2, -0.15) is 0 Å². The molecule has 0 amide bonds. The van der Waals surface area contributed by atoms with Crippen molar-refractivity contribution in [2.45, 2.75) is 213 Å². The highest BCUT2D eigenvalue weighted by molar-refractivity contribution is 5.71. The van der Waals surface area contributed by atoms with Gasteiger partial charge in [-0.15, -0.1) is 0 Å². The number of hydrogen-bond acceptors (Lipinski definition) is 6. The summed E-state index contributed by atoms with van der Waals surface area (Å²) in [4.78, 5) is 38.0. The van der Waals surface area contributed by atoms with Crippen LogP contribution in [0.15, 0.2) is 134 Å². The standard InChI is InChI=1S/C60H94O6/c1-4-7-10-13-16-19-22-25-28-30-33-35-38-41-44-47-50-53-59(62)65-56-57(55-64-58(61)52-49-46-43-40-37-34-31-27-24-21-18-15-12-9-6-3)66-60(63)54-51-48-45-42-39-36-32-29-26-23-20-17-14-11-8-5-2/h8-9,11-12,15-21,24-29,31,34,36-37,39,57H,4-7,10,13-14,22-23,30,32-33,35,38,40-56H2,1-3H3/b11-8-,12-9-,18-15-,19-16-,20-17-,24-21-,28-25-,29-26-,31-27-,37-34-,39-36-. The number of carbonyl (C=O) groups excluding carboxylic acids is 3. The van der Waals surface area contributed by atoms with Crippen LogP contribution in [0, 0.1) is 0 Å². The van der Waals surface area contributed by atoms with Crippen molar-refractivity contribution in [2.75, 3.05) is 13.2 Å². The summed E-state index contributed by atoms with van der Waals surface area (Å²) in [5, 5.41) is 0. The normalized spacial score (nSPS) is 13.2. The molecule has 0 spiro atoms. The minimum Gasteiger partial charge on any atom is -0.462 e. The Bertz CT molecular complexity index is 1460. The molecule has 6 nitrogen and oxygen atoms in total. The number of unbranched alkanes of at least 4 members (excludes halogenated alkanes) is 16. The van der Waals surface area contributed by atoms with Gasteiger partial charge in [0.15, 0.2) is 6.10 Å². The second kappa shape index (κ2) is 53.2. The third-order valence-electron chi connectivity index (χ3n) is 10.5. The largest absolute Gasteiger partial charge is 0.462 e. The van der Waals surface area contributed by atoms with Gasteiger partial charge < -0.3 is 14.2 Å². The summed E-state index contributed by atoms with van der Waals surface area (Å²) >= 11 is 0. The smallest absolute Gasteiger partial charge is 0.306 e. The minimum atomic E-state index is -0.821. The van der Waals surface area contributed by atoms with Crippen molar-refractivity contribution < 1.29 is 28.6 Å². The average molecular weight is 911 g/mol. The van der Waals surface area contributed by atoms with Crippen molar-refractivity contribution in [3.05, 3.63) is 134 Å². The first-order valence-corrected chi connectivity index (χ1v) is 26.3. The Morgan fingerprint density at radius 2 is 0.667 bits per heavy atom. The van der Waals surface area contributed by atoms with Gasteiger partial charge in [-0.3, -0.25) is 14.4 Å². The first kappa shape index (κ1) is 61.5. The van der Waals surface area contributed by atoms with Gasteiger partial charge in [-0.1, -0.05) is 212 Å². The third kappa shape index (κ3) is 50.5. The number of allylic oxidation sites excluding steroid dienone is 22. The summed E-state index contributed by atoms with van der Waals surface area (Å²) in [6, 6.07) is 0. The number of esters is 3. The van der Waals surface area contributed by atoms with Crippen LogP contribution >= 0.6 is 0 Å². The number of rotatable bonds is 45. The molecule has 0 bridgehead atoms. The van der Waals surface area contributed by atoms with E-state index in [0.717, 1.165) is 109 Å². The molecule has 0 aromatic carbocycles. The maximum atomic E-state index is 12.8. The fraction of sp³-hybridized carbons (Fsp3) is 0.583. The Morgan fingerprint density at radius 1 is 0.333 bits per heavy atom. The van der Waals surface area contributed by atoms with E-state index in [2.05, 4.69) is 106 Å². The minimum absolute atomic E-state index is 0.114. The molecule has 0 aliphatic carbocycles. The fourth-order valence-electron chi connectivity index (χ4n) is 6.60. The Morgan fingerprint density at radius 3 is 1.12 bits per heavy atom. The lowest BCUT2D eigenvalue weighted by molar-refractivity contribution is -0.167. The van der Waals surface area contributed by atoms with Crippen molar-refractivity contribution in [1.82, 2.24) is 0 Å². The predicted molar refractivity (Wildman–Crippen MR) is 283 cm³/mol. The predicted octanol–water partition coefficient (Wildman–Crippen LogP) is 17.5. The van der Waals surface area contributed by atoms with E-state index < -0.39 is 6.10 Å². The summed E-state index contributed by atoms with van der Waals surface area (Å²) < 4.78 is 16.7. The number of carbonyl (C=O) groups is 3. The first-order chi connectivity index (χ1) is 32.5. The maximum Gasteiger partial charge on any atom is 0.306 e. The van der Waals surface area contributed by atoms with Gasteiger partial charge >= 0.3 is 17.9 Å². The molecule has 0 aliphatic heterocycles. The van der Waals surface area contributed by atoms with Crippen LogP contribution in [0.5, 0.6) is 0 Å². The molecule has 0 aliphatic rings. The Balaban J connectivity index is 4.56. The molecule has 0 fully saturated rings. The van der Waals surface area contributed by atoms with Crippen LogP contribution in [-0.4, -0.2) is 37.2 Å². The van der Waals surface area contributed by atoms with Crippen LogP contribution < -0.4 is 0 Å². The van der Waals surface area contributed by atoms with Crippen LogP contribution in [0.4, 0.5) is 0 Å². The molecule has 0 saturated heterocycles. The highest BCUT2D eigenvalue weighted by atomic mass is 16.6. The zero-order valence-corrected chi connectivity index (χ0v) is 42.1. The third-order valence-corrected chi connectivity index (χ3v) is 10.5. The average Bonchev–Trinajstić information content (AvgIpc) is 3.31. The molecule has 0 N–H and O–H groups in total. The van der Waals surface area contributed by atoms with Gasteiger partial charge in [-0.05, 0) is 109 Å². The topological polar surface area (TPSA) is 78.9 Å². The van der Waals surface area contributed by atoms with E-state index in [1.54, 1.807) is 0 Å². The van der Waals surface area contributed by atoms with E-state index in [1.165, 1.54) is 51.4 Å². The molecule has 0 saturated carbocycles. The summed E-state index contributed by atoms with van der Waals surface area (Å²) in [7, 11) is 0. The number of hydrogen-bond donors (Lipinski definition) is 0. The van der Waals surface area contributed by atoms with Crippen LogP contribution in [0.25, 0.3) is 0 Å². The van der Waals surface area contributed by atoms with E-state index in [9.17, 15) is 14.4 Å². The molecule has 1 unspecified atom stereocenters. The summed E-state index contributed by atoms with van der Waals surface area (Å²) in [6.07, 6.45) is 74.3. The zero-order chi connectivity index (χ0) is 47.9.